The van der Waals surface area contributed by atoms with Gasteiger partial charge < -0.3 is 10.5 Å². The second-order valence-electron chi connectivity index (χ2n) is 3.87. The van der Waals surface area contributed by atoms with Crippen LogP contribution in [0.5, 0.6) is 5.75 Å². The van der Waals surface area contributed by atoms with E-state index in [-0.39, 0.29) is 0 Å². The van der Waals surface area contributed by atoms with E-state index in [1.807, 2.05) is 18.2 Å². The van der Waals surface area contributed by atoms with Crippen molar-refractivity contribution in [1.29, 1.82) is 0 Å². The summed E-state index contributed by atoms with van der Waals surface area (Å²) in [6.45, 7) is 0.759. The van der Waals surface area contributed by atoms with Crippen LogP contribution in [0.15, 0.2) is 36.5 Å². The predicted octanol–water partition coefficient (Wildman–Crippen LogP) is 2.27. The molecule has 1 aromatic heterocycles. The highest BCUT2D eigenvalue weighted by molar-refractivity contribution is 5.71. The Morgan fingerprint density at radius 3 is 3.06 bits per heavy atom. The van der Waals surface area contributed by atoms with Gasteiger partial charge in [-0.15, -0.1) is 0 Å². The summed E-state index contributed by atoms with van der Waals surface area (Å²) in [5.74, 6) is 0.959. The van der Waals surface area contributed by atoms with Crippen molar-refractivity contribution in [2.75, 3.05) is 12.3 Å². The third-order valence-corrected chi connectivity index (χ3v) is 2.77. The van der Waals surface area contributed by atoms with E-state index >= 15 is 0 Å². The highest BCUT2D eigenvalue weighted by Crippen LogP contribution is 2.36. The molecular formula is C13H12N2O. The zero-order valence-electron chi connectivity index (χ0n) is 8.81. The molecule has 0 fully saturated rings. The van der Waals surface area contributed by atoms with Gasteiger partial charge in [0.05, 0.1) is 12.3 Å². The molecule has 0 spiro atoms. The van der Waals surface area contributed by atoms with E-state index < -0.39 is 0 Å². The summed E-state index contributed by atoms with van der Waals surface area (Å²) in [6.07, 6.45) is 2.70. The fraction of sp³-hybridized carbons (Fsp3) is 0.154. The molecule has 0 saturated carbocycles. The number of fused-ring (bicyclic) bond motifs is 1. The number of nitrogens with two attached hydrogens (primary N) is 1. The maximum atomic E-state index is 5.76. The summed E-state index contributed by atoms with van der Waals surface area (Å²) in [6, 6.07) is 9.81. The zero-order chi connectivity index (χ0) is 11.0. The van der Waals surface area contributed by atoms with Crippen molar-refractivity contribution < 1.29 is 4.74 Å². The summed E-state index contributed by atoms with van der Waals surface area (Å²) >= 11 is 0. The zero-order valence-corrected chi connectivity index (χ0v) is 8.81. The number of pyridine rings is 1. The van der Waals surface area contributed by atoms with Gasteiger partial charge in [-0.05, 0) is 23.8 Å². The van der Waals surface area contributed by atoms with Crippen molar-refractivity contribution in [3.05, 3.63) is 42.1 Å². The van der Waals surface area contributed by atoms with E-state index in [1.165, 1.54) is 5.56 Å². The molecule has 0 unspecified atom stereocenters. The van der Waals surface area contributed by atoms with Crippen LogP contribution in [-0.4, -0.2) is 11.6 Å². The fourth-order valence-electron chi connectivity index (χ4n) is 2.01. The lowest BCUT2D eigenvalue weighted by Gasteiger charge is -2.07. The number of rotatable bonds is 1. The van der Waals surface area contributed by atoms with Crippen molar-refractivity contribution in [2.24, 2.45) is 0 Å². The van der Waals surface area contributed by atoms with Gasteiger partial charge in [0.15, 0.2) is 0 Å². The Morgan fingerprint density at radius 1 is 1.25 bits per heavy atom. The lowest BCUT2D eigenvalue weighted by atomic mass is 10.1. The second kappa shape index (κ2) is 3.52. The van der Waals surface area contributed by atoms with E-state index in [2.05, 4.69) is 11.1 Å². The average Bonchev–Trinajstić information content (AvgIpc) is 2.76. The minimum absolute atomic E-state index is 0.723. The molecule has 0 saturated heterocycles. The molecule has 0 aliphatic carbocycles. The maximum Gasteiger partial charge on any atom is 0.132 e. The van der Waals surface area contributed by atoms with Gasteiger partial charge in [0.1, 0.15) is 5.75 Å². The normalized spacial score (nSPS) is 13.2. The molecule has 3 nitrogen and oxygen atoms in total. The molecule has 0 amide bonds. The van der Waals surface area contributed by atoms with E-state index in [4.69, 9.17) is 10.5 Å². The van der Waals surface area contributed by atoms with Crippen LogP contribution in [0.2, 0.25) is 0 Å². The Morgan fingerprint density at radius 2 is 2.19 bits per heavy atom. The molecule has 2 aromatic rings. The van der Waals surface area contributed by atoms with Gasteiger partial charge in [-0.2, -0.15) is 0 Å². The molecule has 1 aliphatic rings. The topological polar surface area (TPSA) is 48.1 Å². The number of hydrogen-bond acceptors (Lipinski definition) is 3. The van der Waals surface area contributed by atoms with E-state index in [9.17, 15) is 0 Å². The van der Waals surface area contributed by atoms with Crippen LogP contribution < -0.4 is 10.5 Å². The third kappa shape index (κ3) is 1.41. The van der Waals surface area contributed by atoms with Gasteiger partial charge in [0.25, 0.3) is 0 Å². The van der Waals surface area contributed by atoms with Crippen LogP contribution in [0.25, 0.3) is 11.3 Å². The van der Waals surface area contributed by atoms with Crippen molar-refractivity contribution in [3.8, 4) is 17.0 Å². The number of nitrogens with zero attached hydrogens (tertiary/aromatic N) is 1. The molecule has 1 aromatic carbocycles. The Bertz CT molecular complexity index is 537. The quantitative estimate of drug-likeness (QED) is 0.788. The maximum absolute atomic E-state index is 5.76. The molecule has 80 valence electrons. The highest BCUT2D eigenvalue weighted by atomic mass is 16.5. The van der Waals surface area contributed by atoms with Crippen molar-refractivity contribution in [2.45, 2.75) is 6.42 Å². The van der Waals surface area contributed by atoms with Crippen LogP contribution in [0, 0.1) is 0 Å². The lowest BCUT2D eigenvalue weighted by molar-refractivity contribution is 0.358. The standard InChI is InChI=1S/C13H12N2O/c14-10-4-6-15-12(8-10)11-3-1-2-9-5-7-16-13(9)11/h1-4,6,8H,5,7H2,(H2,14,15). The number of ether oxygens (including phenoxy) is 1. The van der Waals surface area contributed by atoms with Crippen LogP contribution in [-0.2, 0) is 6.42 Å². The minimum Gasteiger partial charge on any atom is -0.492 e. The highest BCUT2D eigenvalue weighted by Gasteiger charge is 2.17. The number of benzene rings is 1. The van der Waals surface area contributed by atoms with Crippen LogP contribution >= 0.6 is 0 Å². The molecule has 3 heteroatoms. The molecule has 1 aliphatic heterocycles. The van der Waals surface area contributed by atoms with E-state index in [0.29, 0.717) is 0 Å². The monoisotopic (exact) mass is 212 g/mol. The summed E-state index contributed by atoms with van der Waals surface area (Å²) in [5.41, 5.74) is 9.64. The molecule has 0 atom stereocenters. The van der Waals surface area contributed by atoms with Crippen molar-refractivity contribution >= 4 is 5.69 Å². The Labute approximate surface area is 93.9 Å². The predicted molar refractivity (Wildman–Crippen MR) is 63.3 cm³/mol. The first-order valence-electron chi connectivity index (χ1n) is 5.31. The molecule has 2 N–H and O–H groups in total. The van der Waals surface area contributed by atoms with Gasteiger partial charge in [-0.1, -0.05) is 12.1 Å². The molecule has 3 rings (SSSR count). The Hall–Kier alpha value is -2.03. The van der Waals surface area contributed by atoms with Crippen LogP contribution in [0.3, 0.4) is 0 Å². The largest absolute Gasteiger partial charge is 0.492 e. The number of para-hydroxylation sites is 1. The third-order valence-electron chi connectivity index (χ3n) is 2.77. The van der Waals surface area contributed by atoms with Crippen molar-refractivity contribution in [3.63, 3.8) is 0 Å². The molecule has 0 radical (unpaired) electrons. The molecular weight excluding hydrogens is 200 g/mol. The average molecular weight is 212 g/mol. The molecule has 16 heavy (non-hydrogen) atoms. The SMILES string of the molecule is Nc1ccnc(-c2cccc3c2OCC3)c1. The first-order chi connectivity index (χ1) is 7.84. The second-order valence-corrected chi connectivity index (χ2v) is 3.87. The van der Waals surface area contributed by atoms with Crippen LogP contribution in [0.1, 0.15) is 5.56 Å². The first kappa shape index (κ1) is 9.21. The Balaban J connectivity index is 2.17. The summed E-state index contributed by atoms with van der Waals surface area (Å²) in [7, 11) is 0. The van der Waals surface area contributed by atoms with Crippen LogP contribution in [0.4, 0.5) is 5.69 Å². The minimum atomic E-state index is 0.723. The van der Waals surface area contributed by atoms with E-state index in [1.54, 1.807) is 12.3 Å². The van der Waals surface area contributed by atoms with Crippen molar-refractivity contribution in [1.82, 2.24) is 4.98 Å². The summed E-state index contributed by atoms with van der Waals surface area (Å²) < 4.78 is 5.64. The van der Waals surface area contributed by atoms with Gasteiger partial charge in [-0.25, -0.2) is 0 Å². The number of aromatic nitrogens is 1. The van der Waals surface area contributed by atoms with Gasteiger partial charge in [-0.3, -0.25) is 4.98 Å². The van der Waals surface area contributed by atoms with Gasteiger partial charge >= 0.3 is 0 Å². The van der Waals surface area contributed by atoms with E-state index in [0.717, 1.165) is 35.7 Å². The van der Waals surface area contributed by atoms with Gasteiger partial charge in [0.2, 0.25) is 0 Å². The van der Waals surface area contributed by atoms with Gasteiger partial charge in [0, 0.05) is 23.9 Å². The number of nitrogen functional groups attached to an aromatic ring is 1. The molecule has 2 heterocycles. The summed E-state index contributed by atoms with van der Waals surface area (Å²) in [5, 5.41) is 0. The smallest absolute Gasteiger partial charge is 0.132 e. The lowest BCUT2D eigenvalue weighted by Crippen LogP contribution is -1.92. The number of hydrogen-bond donors (Lipinski definition) is 1. The Kier molecular flexibility index (Phi) is 2.03. The first-order valence-corrected chi connectivity index (χ1v) is 5.31. The fourth-order valence-corrected chi connectivity index (χ4v) is 2.01. The molecule has 0 bridgehead atoms. The summed E-state index contributed by atoms with van der Waals surface area (Å²) in [4.78, 5) is 4.33. The number of anilines is 1.